The fraction of sp³-hybridized carbons (Fsp3) is 0.200. The lowest BCUT2D eigenvalue weighted by atomic mass is 9.64. The first-order chi connectivity index (χ1) is 15.4. The van der Waals surface area contributed by atoms with Crippen LogP contribution in [0, 0.1) is 0 Å². The maximum absolute atomic E-state index is 13.6. The Morgan fingerprint density at radius 1 is 0.969 bits per heavy atom. The first kappa shape index (κ1) is 19.3. The van der Waals surface area contributed by atoms with E-state index in [1.54, 1.807) is 54.7 Å². The summed E-state index contributed by atoms with van der Waals surface area (Å²) < 4.78 is 28.5. The smallest absolute Gasteiger partial charge is 0.269 e. The van der Waals surface area contributed by atoms with Gasteiger partial charge in [-0.05, 0) is 30.5 Å². The van der Waals surface area contributed by atoms with Crippen LogP contribution in [-0.4, -0.2) is 30.3 Å². The Morgan fingerprint density at radius 2 is 1.62 bits per heavy atom. The maximum Gasteiger partial charge on any atom is 0.269 e. The van der Waals surface area contributed by atoms with E-state index in [1.165, 1.54) is 3.97 Å². The molecule has 160 valence electrons. The minimum atomic E-state index is -3.87. The van der Waals surface area contributed by atoms with Crippen LogP contribution in [0.25, 0.3) is 22.2 Å². The van der Waals surface area contributed by atoms with Gasteiger partial charge in [0.15, 0.2) is 5.65 Å². The summed E-state index contributed by atoms with van der Waals surface area (Å²) in [6.07, 6.45) is 5.83. The molecule has 1 fully saturated rings. The molecular weight excluding hydrogens is 422 g/mol. The van der Waals surface area contributed by atoms with Gasteiger partial charge in [-0.1, -0.05) is 55.0 Å². The van der Waals surface area contributed by atoms with Crippen molar-refractivity contribution < 1.29 is 13.2 Å². The Kier molecular flexibility index (Phi) is 3.93. The number of nitrogens with zero attached hydrogens (tertiary/aromatic N) is 3. The largest absolute Gasteiger partial charge is 0.313 e. The van der Waals surface area contributed by atoms with E-state index in [2.05, 4.69) is 4.98 Å². The third kappa shape index (κ3) is 2.37. The molecule has 0 unspecified atom stereocenters. The van der Waals surface area contributed by atoms with Gasteiger partial charge in [-0.15, -0.1) is 0 Å². The number of amides is 1. The lowest BCUT2D eigenvalue weighted by molar-refractivity contribution is -0.125. The molecule has 32 heavy (non-hydrogen) atoms. The first-order valence-electron chi connectivity index (χ1n) is 10.6. The van der Waals surface area contributed by atoms with Crippen LogP contribution in [0.1, 0.15) is 24.8 Å². The molecule has 2 aromatic heterocycles. The molecule has 1 aliphatic heterocycles. The third-order valence-electron chi connectivity index (χ3n) is 6.91. The first-order valence-corrected chi connectivity index (χ1v) is 12.1. The second-order valence-electron chi connectivity index (χ2n) is 8.54. The van der Waals surface area contributed by atoms with E-state index >= 15 is 0 Å². The molecule has 0 bridgehead atoms. The molecule has 1 aliphatic carbocycles. The lowest BCUT2D eigenvalue weighted by Gasteiger charge is -2.37. The average Bonchev–Trinajstić information content (AvgIpc) is 3.29. The van der Waals surface area contributed by atoms with E-state index in [1.807, 2.05) is 30.3 Å². The van der Waals surface area contributed by atoms with Crippen molar-refractivity contribution in [3.8, 4) is 11.1 Å². The molecule has 0 saturated heterocycles. The van der Waals surface area contributed by atoms with Gasteiger partial charge in [0.05, 0.1) is 22.2 Å². The summed E-state index contributed by atoms with van der Waals surface area (Å²) >= 11 is 0. The fourth-order valence-corrected chi connectivity index (χ4v) is 6.49. The molecule has 1 saturated carbocycles. The molecular formula is C25H21N3O3S. The summed E-state index contributed by atoms with van der Waals surface area (Å²) in [5.41, 5.74) is 3.14. The number of aromatic nitrogens is 2. The van der Waals surface area contributed by atoms with Gasteiger partial charge in [0.1, 0.15) is 0 Å². The van der Waals surface area contributed by atoms with Gasteiger partial charge >= 0.3 is 0 Å². The standard InChI is InChI=1S/C25H21N3O3S/c1-27-20-15-26-23-21(22(20)25(24(27)29)13-8-14-25)19(17-9-4-2-5-10-17)16-28(23)32(30,31)18-11-6-3-7-12-18/h2-7,9-12,15-16H,8,13-14H2,1H3. The van der Waals surface area contributed by atoms with Gasteiger partial charge in [-0.3, -0.25) is 4.79 Å². The van der Waals surface area contributed by atoms with Gasteiger partial charge in [-0.25, -0.2) is 17.4 Å². The van der Waals surface area contributed by atoms with Crippen molar-refractivity contribution in [3.63, 3.8) is 0 Å². The SMILES string of the molecule is CN1C(=O)C2(CCC2)c2c1cnc1c2c(-c2ccccc2)cn1S(=O)(=O)c1ccccc1. The molecule has 4 aromatic rings. The molecule has 1 amide bonds. The molecule has 0 radical (unpaired) electrons. The summed E-state index contributed by atoms with van der Waals surface area (Å²) in [6, 6.07) is 18.1. The highest BCUT2D eigenvalue weighted by molar-refractivity contribution is 7.90. The number of carbonyl (C=O) groups is 1. The van der Waals surface area contributed by atoms with Crippen molar-refractivity contribution in [3.05, 3.63) is 78.6 Å². The highest BCUT2D eigenvalue weighted by Gasteiger charge is 2.55. The van der Waals surface area contributed by atoms with Crippen LogP contribution in [0.4, 0.5) is 5.69 Å². The number of carbonyl (C=O) groups excluding carboxylic acids is 1. The number of anilines is 1. The van der Waals surface area contributed by atoms with E-state index in [9.17, 15) is 13.2 Å². The van der Waals surface area contributed by atoms with Crippen LogP contribution in [-0.2, 0) is 20.2 Å². The van der Waals surface area contributed by atoms with Crippen molar-refractivity contribution in [1.82, 2.24) is 8.96 Å². The van der Waals surface area contributed by atoms with Crippen LogP contribution in [0.2, 0.25) is 0 Å². The third-order valence-corrected chi connectivity index (χ3v) is 8.57. The molecule has 0 N–H and O–H groups in total. The highest BCUT2D eigenvalue weighted by Crippen LogP contribution is 2.56. The van der Waals surface area contributed by atoms with Crippen molar-refractivity contribution in [2.24, 2.45) is 0 Å². The van der Waals surface area contributed by atoms with Gasteiger partial charge in [0.2, 0.25) is 5.91 Å². The predicted molar refractivity (Wildman–Crippen MR) is 123 cm³/mol. The second kappa shape index (κ2) is 6.53. The molecule has 2 aromatic carbocycles. The van der Waals surface area contributed by atoms with E-state index in [0.717, 1.165) is 47.0 Å². The fourth-order valence-electron chi connectivity index (χ4n) is 5.15. The Hall–Kier alpha value is -3.45. The van der Waals surface area contributed by atoms with Crippen LogP contribution >= 0.6 is 0 Å². The van der Waals surface area contributed by atoms with Crippen LogP contribution in [0.3, 0.4) is 0 Å². The van der Waals surface area contributed by atoms with Crippen molar-refractivity contribution in [2.45, 2.75) is 29.6 Å². The predicted octanol–water partition coefficient (Wildman–Crippen LogP) is 4.34. The summed E-state index contributed by atoms with van der Waals surface area (Å²) in [5, 5.41) is 0.755. The number of benzene rings is 2. The van der Waals surface area contributed by atoms with Crippen LogP contribution < -0.4 is 4.90 Å². The topological polar surface area (TPSA) is 72.3 Å². The summed E-state index contributed by atoms with van der Waals surface area (Å²) in [5.74, 6) is 0.0747. The quantitative estimate of drug-likeness (QED) is 0.472. The molecule has 2 aliphatic rings. The Bertz CT molecular complexity index is 1490. The minimum Gasteiger partial charge on any atom is -0.313 e. The molecule has 0 atom stereocenters. The van der Waals surface area contributed by atoms with Gasteiger partial charge in [0, 0.05) is 29.8 Å². The number of hydrogen-bond acceptors (Lipinski definition) is 4. The van der Waals surface area contributed by atoms with Gasteiger partial charge in [0.25, 0.3) is 10.0 Å². The van der Waals surface area contributed by atoms with E-state index in [0.29, 0.717) is 5.65 Å². The van der Waals surface area contributed by atoms with E-state index in [4.69, 9.17) is 0 Å². The number of likely N-dealkylation sites (N-methyl/N-ethyl adjacent to an activating group) is 1. The van der Waals surface area contributed by atoms with E-state index in [-0.39, 0.29) is 10.8 Å². The van der Waals surface area contributed by atoms with Gasteiger partial charge < -0.3 is 4.90 Å². The maximum atomic E-state index is 13.6. The summed E-state index contributed by atoms with van der Waals surface area (Å²) in [4.78, 5) is 19.7. The van der Waals surface area contributed by atoms with Crippen molar-refractivity contribution in [2.75, 3.05) is 11.9 Å². The minimum absolute atomic E-state index is 0.0747. The zero-order valence-corrected chi connectivity index (χ0v) is 18.3. The molecule has 1 spiro atoms. The number of hydrogen-bond donors (Lipinski definition) is 0. The van der Waals surface area contributed by atoms with Crippen molar-refractivity contribution in [1.29, 1.82) is 0 Å². The molecule has 3 heterocycles. The number of rotatable bonds is 3. The Balaban J connectivity index is 1.73. The average molecular weight is 444 g/mol. The normalized spacial score (nSPS) is 17.0. The lowest BCUT2D eigenvalue weighted by Crippen LogP contribution is -2.43. The van der Waals surface area contributed by atoms with Crippen molar-refractivity contribution >= 4 is 32.7 Å². The molecule has 6 rings (SSSR count). The highest BCUT2D eigenvalue weighted by atomic mass is 32.2. The Labute approximate surface area is 186 Å². The summed E-state index contributed by atoms with van der Waals surface area (Å²) in [6.45, 7) is 0. The number of fused-ring (bicyclic) bond motifs is 4. The Morgan fingerprint density at radius 3 is 2.25 bits per heavy atom. The zero-order chi connectivity index (χ0) is 22.1. The van der Waals surface area contributed by atoms with Gasteiger partial charge in [-0.2, -0.15) is 0 Å². The van der Waals surface area contributed by atoms with Crippen LogP contribution in [0.15, 0.2) is 78.0 Å². The monoisotopic (exact) mass is 443 g/mol. The number of pyridine rings is 1. The van der Waals surface area contributed by atoms with E-state index < -0.39 is 15.4 Å². The second-order valence-corrected chi connectivity index (χ2v) is 10.4. The zero-order valence-electron chi connectivity index (χ0n) is 17.5. The summed E-state index contributed by atoms with van der Waals surface area (Å²) in [7, 11) is -2.09. The molecule has 6 nitrogen and oxygen atoms in total. The molecule has 7 heteroatoms. The van der Waals surface area contributed by atoms with Crippen LogP contribution in [0.5, 0.6) is 0 Å².